The summed E-state index contributed by atoms with van der Waals surface area (Å²) in [6.45, 7) is 0. The zero-order valence-corrected chi connectivity index (χ0v) is 11.6. The second kappa shape index (κ2) is 4.91. The van der Waals surface area contributed by atoms with Gasteiger partial charge in [-0.25, -0.2) is 4.98 Å². The average molecular weight is 300 g/mol. The van der Waals surface area contributed by atoms with Crippen LogP contribution in [0.1, 0.15) is 36.6 Å². The number of nitrogen functional groups attached to an aromatic ring is 1. The third kappa shape index (κ3) is 2.49. The maximum absolute atomic E-state index is 13.2. The van der Waals surface area contributed by atoms with Crippen molar-refractivity contribution < 1.29 is 13.2 Å². The van der Waals surface area contributed by atoms with Crippen LogP contribution in [0, 0.1) is 5.92 Å². The van der Waals surface area contributed by atoms with Gasteiger partial charge in [0.25, 0.3) is 0 Å². The van der Waals surface area contributed by atoms with E-state index in [0.29, 0.717) is 23.5 Å². The van der Waals surface area contributed by atoms with Gasteiger partial charge in [0.2, 0.25) is 0 Å². The Morgan fingerprint density at radius 1 is 1.20 bits per heavy atom. The fourth-order valence-electron chi connectivity index (χ4n) is 2.94. The molecule has 2 atom stereocenters. The summed E-state index contributed by atoms with van der Waals surface area (Å²) in [5.74, 6) is -1.75. The minimum Gasteiger partial charge on any atom is -0.399 e. The van der Waals surface area contributed by atoms with Crippen LogP contribution in [0.5, 0.6) is 0 Å². The summed E-state index contributed by atoms with van der Waals surface area (Å²) in [6, 6.07) is 5.28. The number of alkyl halides is 3. The molecule has 20 heavy (non-hydrogen) atoms. The van der Waals surface area contributed by atoms with Gasteiger partial charge in [-0.05, 0) is 31.0 Å². The van der Waals surface area contributed by atoms with Gasteiger partial charge in [0, 0.05) is 11.6 Å². The molecule has 108 valence electrons. The van der Waals surface area contributed by atoms with Gasteiger partial charge in [-0.2, -0.15) is 13.2 Å². The highest BCUT2D eigenvalue weighted by Gasteiger charge is 2.46. The lowest BCUT2D eigenvalue weighted by Gasteiger charge is -2.31. The molecule has 1 heterocycles. The normalized spacial score (nSPS) is 24.1. The predicted octanol–water partition coefficient (Wildman–Crippen LogP) is 4.71. The van der Waals surface area contributed by atoms with Crippen LogP contribution in [0.2, 0.25) is 0 Å². The zero-order valence-electron chi connectivity index (χ0n) is 10.8. The molecule has 1 saturated carbocycles. The quantitative estimate of drug-likeness (QED) is 0.774. The highest BCUT2D eigenvalue weighted by molar-refractivity contribution is 7.18. The van der Waals surface area contributed by atoms with Crippen molar-refractivity contribution in [3.63, 3.8) is 0 Å². The van der Waals surface area contributed by atoms with Crippen LogP contribution in [0.3, 0.4) is 0 Å². The molecule has 2 unspecified atom stereocenters. The Hall–Kier alpha value is -1.30. The molecule has 1 aromatic heterocycles. The minimum absolute atomic E-state index is 0.215. The topological polar surface area (TPSA) is 38.9 Å². The van der Waals surface area contributed by atoms with E-state index in [1.54, 1.807) is 18.2 Å². The molecule has 0 saturated heterocycles. The molecule has 0 bridgehead atoms. The Morgan fingerprint density at radius 3 is 2.70 bits per heavy atom. The Morgan fingerprint density at radius 2 is 1.95 bits per heavy atom. The molecule has 2 nitrogen and oxygen atoms in total. The summed E-state index contributed by atoms with van der Waals surface area (Å²) >= 11 is 1.35. The van der Waals surface area contributed by atoms with Gasteiger partial charge < -0.3 is 5.73 Å². The van der Waals surface area contributed by atoms with Crippen molar-refractivity contribution in [1.82, 2.24) is 4.98 Å². The van der Waals surface area contributed by atoms with Crippen molar-refractivity contribution in [3.05, 3.63) is 23.2 Å². The van der Waals surface area contributed by atoms with Crippen molar-refractivity contribution >= 4 is 27.2 Å². The maximum Gasteiger partial charge on any atom is 0.392 e. The van der Waals surface area contributed by atoms with E-state index in [0.717, 1.165) is 16.6 Å². The SMILES string of the molecule is Nc1ccc2nc(C3CCCCC3C(F)(F)F)sc2c1. The first-order chi connectivity index (χ1) is 9.45. The van der Waals surface area contributed by atoms with Gasteiger partial charge in [-0.3, -0.25) is 0 Å². The molecule has 1 aliphatic carbocycles. The van der Waals surface area contributed by atoms with E-state index in [9.17, 15) is 13.2 Å². The number of hydrogen-bond acceptors (Lipinski definition) is 3. The number of halogens is 3. The molecule has 1 aromatic carbocycles. The van der Waals surface area contributed by atoms with Crippen LogP contribution < -0.4 is 5.73 Å². The number of rotatable bonds is 1. The van der Waals surface area contributed by atoms with Gasteiger partial charge in [0.15, 0.2) is 0 Å². The minimum atomic E-state index is -4.14. The smallest absolute Gasteiger partial charge is 0.392 e. The number of aromatic nitrogens is 1. The number of hydrogen-bond donors (Lipinski definition) is 1. The van der Waals surface area contributed by atoms with E-state index in [2.05, 4.69) is 4.98 Å². The van der Waals surface area contributed by atoms with Crippen molar-refractivity contribution in [2.45, 2.75) is 37.8 Å². The number of nitrogens with two attached hydrogens (primary N) is 1. The molecule has 2 aromatic rings. The molecule has 1 aliphatic rings. The maximum atomic E-state index is 13.2. The molecule has 0 aliphatic heterocycles. The highest BCUT2D eigenvalue weighted by Crippen LogP contribution is 2.47. The van der Waals surface area contributed by atoms with Gasteiger partial charge in [-0.15, -0.1) is 11.3 Å². The van der Waals surface area contributed by atoms with Crippen molar-refractivity contribution in [2.75, 3.05) is 5.73 Å². The second-order valence-corrected chi connectivity index (χ2v) is 6.38. The summed E-state index contributed by atoms with van der Waals surface area (Å²) in [5, 5.41) is 0.604. The van der Waals surface area contributed by atoms with E-state index < -0.39 is 18.0 Å². The highest BCUT2D eigenvalue weighted by atomic mass is 32.1. The molecule has 0 amide bonds. The Balaban J connectivity index is 1.99. The van der Waals surface area contributed by atoms with Gasteiger partial charge >= 0.3 is 6.18 Å². The number of nitrogens with zero attached hydrogens (tertiary/aromatic N) is 1. The first-order valence-electron chi connectivity index (χ1n) is 6.68. The van der Waals surface area contributed by atoms with Crippen LogP contribution in [0.15, 0.2) is 18.2 Å². The number of fused-ring (bicyclic) bond motifs is 1. The van der Waals surface area contributed by atoms with Gasteiger partial charge in [-0.1, -0.05) is 12.8 Å². The second-order valence-electron chi connectivity index (χ2n) is 5.32. The zero-order chi connectivity index (χ0) is 14.3. The van der Waals surface area contributed by atoms with Crippen molar-refractivity contribution in [3.8, 4) is 0 Å². The van der Waals surface area contributed by atoms with Gasteiger partial charge in [0.1, 0.15) is 0 Å². The monoisotopic (exact) mass is 300 g/mol. The molecule has 1 fully saturated rings. The lowest BCUT2D eigenvalue weighted by Crippen LogP contribution is -2.31. The third-order valence-corrected chi connectivity index (χ3v) is 5.08. The summed E-state index contributed by atoms with van der Waals surface area (Å²) < 4.78 is 40.3. The predicted molar refractivity (Wildman–Crippen MR) is 74.8 cm³/mol. The first-order valence-corrected chi connectivity index (χ1v) is 7.49. The van der Waals surface area contributed by atoms with Gasteiger partial charge in [0.05, 0.1) is 21.1 Å². The summed E-state index contributed by atoms with van der Waals surface area (Å²) in [6.07, 6.45) is -1.86. The van der Waals surface area contributed by atoms with E-state index in [1.807, 2.05) is 0 Å². The molecular formula is C14H15F3N2S. The average Bonchev–Trinajstić information content (AvgIpc) is 2.80. The lowest BCUT2D eigenvalue weighted by molar-refractivity contribution is -0.187. The van der Waals surface area contributed by atoms with E-state index in [4.69, 9.17) is 5.73 Å². The molecule has 0 spiro atoms. The first kappa shape index (κ1) is 13.7. The Bertz CT molecular complexity index is 620. The van der Waals surface area contributed by atoms with Crippen molar-refractivity contribution in [1.29, 1.82) is 0 Å². The number of benzene rings is 1. The number of thiazole rings is 1. The van der Waals surface area contributed by atoms with E-state index in [1.165, 1.54) is 11.3 Å². The van der Waals surface area contributed by atoms with E-state index in [-0.39, 0.29) is 6.42 Å². The fraction of sp³-hybridized carbons (Fsp3) is 0.500. The van der Waals surface area contributed by atoms with Crippen LogP contribution >= 0.6 is 11.3 Å². The molecule has 0 radical (unpaired) electrons. The molecular weight excluding hydrogens is 285 g/mol. The summed E-state index contributed by atoms with van der Waals surface area (Å²) in [5.41, 5.74) is 7.06. The number of anilines is 1. The molecule has 2 N–H and O–H groups in total. The Kier molecular flexibility index (Phi) is 3.36. The molecule has 3 rings (SSSR count). The summed E-state index contributed by atoms with van der Waals surface area (Å²) in [4.78, 5) is 4.40. The standard InChI is InChI=1S/C14H15F3N2S/c15-14(16,17)10-4-2-1-3-9(10)13-19-11-6-5-8(18)7-12(11)20-13/h5-7,9-10H,1-4,18H2. The Labute approximate surface area is 118 Å². The van der Waals surface area contributed by atoms with Crippen LogP contribution in [0.25, 0.3) is 10.2 Å². The largest absolute Gasteiger partial charge is 0.399 e. The molecule has 6 heteroatoms. The van der Waals surface area contributed by atoms with Crippen molar-refractivity contribution in [2.24, 2.45) is 5.92 Å². The van der Waals surface area contributed by atoms with Crippen LogP contribution in [-0.4, -0.2) is 11.2 Å². The lowest BCUT2D eigenvalue weighted by atomic mass is 9.79. The fourth-order valence-corrected chi connectivity index (χ4v) is 4.15. The van der Waals surface area contributed by atoms with Crippen LogP contribution in [-0.2, 0) is 0 Å². The van der Waals surface area contributed by atoms with E-state index >= 15 is 0 Å². The third-order valence-electron chi connectivity index (χ3n) is 3.93. The summed E-state index contributed by atoms with van der Waals surface area (Å²) in [7, 11) is 0. The van der Waals surface area contributed by atoms with Crippen LogP contribution in [0.4, 0.5) is 18.9 Å².